The molecule has 8 heteroatoms. The van der Waals surface area contributed by atoms with E-state index < -0.39 is 5.82 Å². The Kier molecular flexibility index (Phi) is 5.21. The maximum absolute atomic E-state index is 16.2. The van der Waals surface area contributed by atoms with Crippen molar-refractivity contribution in [3.63, 3.8) is 0 Å². The van der Waals surface area contributed by atoms with Gasteiger partial charge in [-0.25, -0.2) is 4.39 Å². The van der Waals surface area contributed by atoms with Crippen molar-refractivity contribution in [3.05, 3.63) is 47.9 Å². The van der Waals surface area contributed by atoms with Crippen molar-refractivity contribution in [1.82, 2.24) is 19.9 Å². The number of fused-ring (bicyclic) bond motifs is 4. The van der Waals surface area contributed by atoms with Gasteiger partial charge in [-0.3, -0.25) is 9.88 Å². The van der Waals surface area contributed by atoms with Crippen LogP contribution in [0.4, 0.5) is 10.2 Å². The normalized spacial score (nSPS) is 20.2. The summed E-state index contributed by atoms with van der Waals surface area (Å²) < 4.78 is 21.6. The summed E-state index contributed by atoms with van der Waals surface area (Å²) in [5.74, 6) is 0.181. The third-order valence-electron chi connectivity index (χ3n) is 7.66. The first-order valence-corrected chi connectivity index (χ1v) is 12.1. The number of phenolic OH excluding ortho intramolecular Hbond substituents is 1. The SMILES string of the molecule is CCc1cccc2cc(O)cc(-c3ncc4c(N5CC6CCC(C5)N6C)nc(OC)nc4c3F)c12. The first-order chi connectivity index (χ1) is 17.0. The van der Waals surface area contributed by atoms with Crippen molar-refractivity contribution in [3.8, 4) is 23.0 Å². The molecule has 2 fully saturated rings. The second kappa shape index (κ2) is 8.30. The van der Waals surface area contributed by atoms with E-state index in [2.05, 4.69) is 38.7 Å². The van der Waals surface area contributed by atoms with Gasteiger partial charge >= 0.3 is 6.01 Å². The highest BCUT2D eigenvalue weighted by atomic mass is 19.1. The van der Waals surface area contributed by atoms with Gasteiger partial charge in [0.1, 0.15) is 22.8 Å². The fourth-order valence-corrected chi connectivity index (χ4v) is 5.80. The molecule has 2 atom stereocenters. The molecule has 0 amide bonds. The van der Waals surface area contributed by atoms with Crippen molar-refractivity contribution in [2.45, 2.75) is 38.3 Å². The summed E-state index contributed by atoms with van der Waals surface area (Å²) in [6.45, 7) is 3.70. The molecular formula is C27H28FN5O2. The highest BCUT2D eigenvalue weighted by Gasteiger charge is 2.38. The Morgan fingerprint density at radius 3 is 2.63 bits per heavy atom. The Balaban J connectivity index is 1.56. The highest BCUT2D eigenvalue weighted by molar-refractivity contribution is 6.01. The number of aryl methyl sites for hydroxylation is 1. The van der Waals surface area contributed by atoms with Gasteiger partial charge in [0, 0.05) is 36.9 Å². The molecule has 35 heavy (non-hydrogen) atoms. The number of likely N-dealkylation sites (N-methyl/N-ethyl adjacent to an activating group) is 1. The molecule has 2 unspecified atom stereocenters. The molecule has 2 aliphatic rings. The Bertz CT molecular complexity index is 1450. The Hall–Kier alpha value is -3.52. The number of hydrogen-bond acceptors (Lipinski definition) is 7. The number of benzene rings is 2. The predicted octanol–water partition coefficient (Wildman–Crippen LogP) is 4.54. The number of aromatic hydroxyl groups is 1. The molecule has 2 aliphatic heterocycles. The largest absolute Gasteiger partial charge is 0.508 e. The number of rotatable bonds is 4. The average Bonchev–Trinajstić information content (AvgIpc) is 3.06. The summed E-state index contributed by atoms with van der Waals surface area (Å²) in [5, 5.41) is 12.7. The molecule has 6 rings (SSSR count). The van der Waals surface area contributed by atoms with Crippen LogP contribution in [-0.2, 0) is 6.42 Å². The van der Waals surface area contributed by atoms with Crippen LogP contribution in [0.5, 0.6) is 11.8 Å². The Labute approximate surface area is 203 Å². The molecule has 4 aromatic rings. The van der Waals surface area contributed by atoms with E-state index >= 15 is 4.39 Å². The summed E-state index contributed by atoms with van der Waals surface area (Å²) in [6.07, 6.45) is 4.74. The second-order valence-electron chi connectivity index (χ2n) is 9.53. The van der Waals surface area contributed by atoms with Gasteiger partial charge in [-0.1, -0.05) is 25.1 Å². The van der Waals surface area contributed by atoms with Gasteiger partial charge in [-0.2, -0.15) is 9.97 Å². The Morgan fingerprint density at radius 1 is 1.14 bits per heavy atom. The minimum absolute atomic E-state index is 0.0657. The van der Waals surface area contributed by atoms with Crippen LogP contribution >= 0.6 is 0 Å². The molecule has 2 saturated heterocycles. The number of phenols is 1. The fraction of sp³-hybridized carbons (Fsp3) is 0.370. The highest BCUT2D eigenvalue weighted by Crippen LogP contribution is 2.39. The molecule has 0 aliphatic carbocycles. The van der Waals surface area contributed by atoms with Gasteiger partial charge in [-0.15, -0.1) is 0 Å². The van der Waals surface area contributed by atoms with Crippen LogP contribution in [-0.4, -0.2) is 64.3 Å². The number of halogens is 1. The molecule has 0 spiro atoms. The summed E-state index contributed by atoms with van der Waals surface area (Å²) in [6, 6.07) is 10.2. The van der Waals surface area contributed by atoms with E-state index in [9.17, 15) is 5.11 Å². The zero-order valence-corrected chi connectivity index (χ0v) is 20.1. The zero-order chi connectivity index (χ0) is 24.3. The van der Waals surface area contributed by atoms with E-state index in [1.807, 2.05) is 18.2 Å². The van der Waals surface area contributed by atoms with E-state index in [0.29, 0.717) is 28.9 Å². The topological polar surface area (TPSA) is 74.6 Å². The molecule has 1 N–H and O–H groups in total. The summed E-state index contributed by atoms with van der Waals surface area (Å²) in [4.78, 5) is 18.3. The van der Waals surface area contributed by atoms with E-state index in [-0.39, 0.29) is 23.0 Å². The lowest BCUT2D eigenvalue weighted by Crippen LogP contribution is -2.52. The lowest BCUT2D eigenvalue weighted by molar-refractivity contribution is 0.212. The smallest absolute Gasteiger partial charge is 0.318 e. The monoisotopic (exact) mass is 473 g/mol. The van der Waals surface area contributed by atoms with E-state index in [1.165, 1.54) is 7.11 Å². The molecule has 180 valence electrons. The van der Waals surface area contributed by atoms with E-state index in [0.717, 1.165) is 48.7 Å². The number of hydrogen-bond donors (Lipinski definition) is 1. The first-order valence-electron chi connectivity index (χ1n) is 12.1. The van der Waals surface area contributed by atoms with Crippen LogP contribution in [0.2, 0.25) is 0 Å². The van der Waals surface area contributed by atoms with Crippen LogP contribution in [0, 0.1) is 5.82 Å². The van der Waals surface area contributed by atoms with Gasteiger partial charge < -0.3 is 14.7 Å². The number of aromatic nitrogens is 3. The van der Waals surface area contributed by atoms with Crippen LogP contribution < -0.4 is 9.64 Å². The third kappa shape index (κ3) is 3.46. The molecule has 0 radical (unpaired) electrons. The minimum atomic E-state index is -0.542. The van der Waals surface area contributed by atoms with Crippen LogP contribution in [0.15, 0.2) is 36.5 Å². The van der Waals surface area contributed by atoms with Gasteiger partial charge in [0.25, 0.3) is 0 Å². The number of nitrogens with zero attached hydrogens (tertiary/aromatic N) is 5. The van der Waals surface area contributed by atoms with E-state index in [4.69, 9.17) is 4.74 Å². The van der Waals surface area contributed by atoms with Crippen molar-refractivity contribution in [2.75, 3.05) is 32.1 Å². The molecule has 0 saturated carbocycles. The maximum atomic E-state index is 16.2. The molecule has 4 heterocycles. The van der Waals surface area contributed by atoms with Crippen LogP contribution in [0.3, 0.4) is 0 Å². The average molecular weight is 474 g/mol. The lowest BCUT2D eigenvalue weighted by Gasteiger charge is -2.39. The van der Waals surface area contributed by atoms with Gasteiger partial charge in [0.2, 0.25) is 0 Å². The van der Waals surface area contributed by atoms with Crippen molar-refractivity contribution < 1.29 is 14.2 Å². The summed E-state index contributed by atoms with van der Waals surface area (Å²) >= 11 is 0. The molecule has 2 aromatic carbocycles. The van der Waals surface area contributed by atoms with Crippen LogP contribution in [0.25, 0.3) is 32.9 Å². The standard InChI is InChI=1S/C27H28FN5O2/c1-4-15-6-5-7-16-10-19(34)11-20(22(15)16)24-23(28)25-21(12-29-24)26(31-27(30-25)35-3)33-13-17-8-9-18(14-33)32(17)2/h5-7,10-12,17-18,34H,4,8-9,13-14H2,1-3H3. The summed E-state index contributed by atoms with van der Waals surface area (Å²) in [7, 11) is 3.67. The van der Waals surface area contributed by atoms with Gasteiger partial charge in [0.05, 0.1) is 12.5 Å². The van der Waals surface area contributed by atoms with Crippen molar-refractivity contribution >= 4 is 27.5 Å². The number of piperazine rings is 1. The Morgan fingerprint density at radius 2 is 1.91 bits per heavy atom. The first kappa shape index (κ1) is 22.0. The quantitative estimate of drug-likeness (QED) is 0.466. The number of anilines is 1. The van der Waals surface area contributed by atoms with E-state index in [1.54, 1.807) is 18.3 Å². The van der Waals surface area contributed by atoms with Crippen molar-refractivity contribution in [1.29, 1.82) is 0 Å². The minimum Gasteiger partial charge on any atom is -0.508 e. The van der Waals surface area contributed by atoms with Crippen molar-refractivity contribution in [2.24, 2.45) is 0 Å². The summed E-state index contributed by atoms with van der Waals surface area (Å²) in [5.41, 5.74) is 1.94. The lowest BCUT2D eigenvalue weighted by atomic mass is 9.95. The third-order valence-corrected chi connectivity index (χ3v) is 7.66. The second-order valence-corrected chi connectivity index (χ2v) is 9.53. The van der Waals surface area contributed by atoms with Crippen LogP contribution in [0.1, 0.15) is 25.3 Å². The number of ether oxygens (including phenoxy) is 1. The fourth-order valence-electron chi connectivity index (χ4n) is 5.80. The molecule has 2 aromatic heterocycles. The van der Waals surface area contributed by atoms with Gasteiger partial charge in [-0.05, 0) is 54.8 Å². The molecular weight excluding hydrogens is 445 g/mol. The maximum Gasteiger partial charge on any atom is 0.318 e. The number of pyridine rings is 1. The molecule has 2 bridgehead atoms. The molecule has 7 nitrogen and oxygen atoms in total. The zero-order valence-electron chi connectivity index (χ0n) is 20.1. The predicted molar refractivity (Wildman–Crippen MR) is 135 cm³/mol. The van der Waals surface area contributed by atoms with Gasteiger partial charge in [0.15, 0.2) is 5.82 Å². The number of methoxy groups -OCH3 is 1.